The van der Waals surface area contributed by atoms with Crippen molar-refractivity contribution in [3.63, 3.8) is 0 Å². The van der Waals surface area contributed by atoms with Crippen molar-refractivity contribution < 1.29 is 24.2 Å². The van der Waals surface area contributed by atoms with Gasteiger partial charge in [-0.25, -0.2) is 0 Å². The standard InChI is InChI=1S/C43H70O5/c1-3-5-7-9-11-13-15-17-19-20-21-22-24-25-27-29-31-33-35-37-42(45)47-40-41(39-44)48-43(46)38-36-34-32-30-28-26-23-18-16-14-12-10-8-6-4-2/h5,7,11-14,17-19,21-23,25,27,41,44H,3-4,6,8-10,15-16,20,24,26,28-40H2,1-2H3/b7-5+,13-11+,14-12+,19-17+,22-21+,23-18+,27-25+/t41-/m0/s1. The van der Waals surface area contributed by atoms with E-state index in [4.69, 9.17) is 9.47 Å². The first-order valence-electron chi connectivity index (χ1n) is 19.1. The van der Waals surface area contributed by atoms with Crippen molar-refractivity contribution in [2.75, 3.05) is 13.2 Å². The highest BCUT2D eigenvalue weighted by Crippen LogP contribution is 2.10. The number of allylic oxidation sites excluding steroid dienone is 14. The maximum atomic E-state index is 12.1. The minimum Gasteiger partial charge on any atom is -0.462 e. The van der Waals surface area contributed by atoms with E-state index >= 15 is 0 Å². The molecule has 0 bridgehead atoms. The van der Waals surface area contributed by atoms with Gasteiger partial charge in [0.2, 0.25) is 0 Å². The molecular weight excluding hydrogens is 596 g/mol. The molecule has 0 fully saturated rings. The Balaban J connectivity index is 3.70. The summed E-state index contributed by atoms with van der Waals surface area (Å²) in [6, 6.07) is 0. The molecule has 0 amide bonds. The number of ether oxygens (including phenoxy) is 2. The summed E-state index contributed by atoms with van der Waals surface area (Å²) in [4.78, 5) is 24.2. The number of carbonyl (C=O) groups excluding carboxylic acids is 2. The average Bonchev–Trinajstić information content (AvgIpc) is 3.09. The summed E-state index contributed by atoms with van der Waals surface area (Å²) in [5.74, 6) is -0.654. The topological polar surface area (TPSA) is 72.8 Å². The number of rotatable bonds is 33. The first-order valence-corrected chi connectivity index (χ1v) is 19.1. The molecule has 0 aromatic rings. The van der Waals surface area contributed by atoms with Gasteiger partial charge in [-0.1, -0.05) is 137 Å². The minimum atomic E-state index is -0.797. The molecule has 272 valence electrons. The van der Waals surface area contributed by atoms with Crippen molar-refractivity contribution in [3.8, 4) is 0 Å². The molecule has 1 N–H and O–H groups in total. The van der Waals surface area contributed by atoms with E-state index in [1.807, 2.05) is 0 Å². The molecule has 0 unspecified atom stereocenters. The largest absolute Gasteiger partial charge is 0.462 e. The van der Waals surface area contributed by atoms with Gasteiger partial charge in [-0.3, -0.25) is 9.59 Å². The molecule has 5 heteroatoms. The molecule has 48 heavy (non-hydrogen) atoms. The fourth-order valence-corrected chi connectivity index (χ4v) is 4.78. The van der Waals surface area contributed by atoms with Crippen molar-refractivity contribution in [2.24, 2.45) is 0 Å². The fraction of sp³-hybridized carbons (Fsp3) is 0.628. The first-order chi connectivity index (χ1) is 23.6. The molecule has 1 atom stereocenters. The zero-order valence-electron chi connectivity index (χ0n) is 30.7. The molecule has 0 saturated heterocycles. The summed E-state index contributed by atoms with van der Waals surface area (Å²) in [5.41, 5.74) is 0. The smallest absolute Gasteiger partial charge is 0.306 e. The van der Waals surface area contributed by atoms with Crippen LogP contribution in [0.25, 0.3) is 0 Å². The van der Waals surface area contributed by atoms with Gasteiger partial charge in [-0.15, -0.1) is 0 Å². The maximum Gasteiger partial charge on any atom is 0.306 e. The van der Waals surface area contributed by atoms with Crippen LogP contribution in [0.3, 0.4) is 0 Å². The first kappa shape index (κ1) is 45.1. The van der Waals surface area contributed by atoms with Crippen LogP contribution in [-0.4, -0.2) is 36.4 Å². The van der Waals surface area contributed by atoms with E-state index in [9.17, 15) is 14.7 Å². The van der Waals surface area contributed by atoms with Gasteiger partial charge in [0.25, 0.3) is 0 Å². The van der Waals surface area contributed by atoms with Crippen LogP contribution < -0.4 is 0 Å². The SMILES string of the molecule is CC/C=C/C/C=C/C/C=C/C/C=C/C/C=C/CCCCCC(=O)OC[C@H](CO)OC(=O)CCCCCCC/C=C/C/C=C/CCCCC. The molecule has 0 aromatic carbocycles. The lowest BCUT2D eigenvalue weighted by Crippen LogP contribution is -2.28. The van der Waals surface area contributed by atoms with Crippen LogP contribution in [-0.2, 0) is 19.1 Å². The van der Waals surface area contributed by atoms with Gasteiger partial charge in [-0.05, 0) is 89.9 Å². The van der Waals surface area contributed by atoms with Crippen LogP contribution in [0.2, 0.25) is 0 Å². The second kappa shape index (κ2) is 38.5. The number of aliphatic hydroxyl groups is 1. The van der Waals surface area contributed by atoms with E-state index < -0.39 is 6.10 Å². The van der Waals surface area contributed by atoms with Gasteiger partial charge < -0.3 is 14.6 Å². The molecule has 0 aliphatic carbocycles. The summed E-state index contributed by atoms with van der Waals surface area (Å²) >= 11 is 0. The van der Waals surface area contributed by atoms with Crippen LogP contribution in [0, 0.1) is 0 Å². The Morgan fingerprint density at radius 2 is 0.896 bits per heavy atom. The predicted molar refractivity (Wildman–Crippen MR) is 205 cm³/mol. The van der Waals surface area contributed by atoms with E-state index in [2.05, 4.69) is 98.9 Å². The summed E-state index contributed by atoms with van der Waals surface area (Å²) in [6.07, 6.45) is 52.1. The molecule has 0 heterocycles. The number of unbranched alkanes of at least 4 members (excludes halogenated alkanes) is 11. The van der Waals surface area contributed by atoms with Gasteiger partial charge in [0.15, 0.2) is 6.10 Å². The van der Waals surface area contributed by atoms with Gasteiger partial charge in [0.1, 0.15) is 6.61 Å². The normalized spacial score (nSPS) is 13.1. The Morgan fingerprint density at radius 3 is 1.38 bits per heavy atom. The third-order valence-electron chi connectivity index (χ3n) is 7.67. The Kier molecular flexibility index (Phi) is 36.2. The van der Waals surface area contributed by atoms with Crippen molar-refractivity contribution in [1.29, 1.82) is 0 Å². The molecular formula is C43H70O5. The van der Waals surface area contributed by atoms with E-state index in [0.717, 1.165) is 96.3 Å². The van der Waals surface area contributed by atoms with Gasteiger partial charge in [-0.2, -0.15) is 0 Å². The Hall–Kier alpha value is -2.92. The second-order valence-corrected chi connectivity index (χ2v) is 12.3. The van der Waals surface area contributed by atoms with Crippen molar-refractivity contribution in [3.05, 3.63) is 85.1 Å². The van der Waals surface area contributed by atoms with Crippen molar-refractivity contribution in [1.82, 2.24) is 0 Å². The molecule has 0 saturated carbocycles. The highest BCUT2D eigenvalue weighted by Gasteiger charge is 2.16. The predicted octanol–water partition coefficient (Wildman–Crippen LogP) is 11.9. The van der Waals surface area contributed by atoms with E-state index in [1.165, 1.54) is 32.1 Å². The van der Waals surface area contributed by atoms with Crippen LogP contribution >= 0.6 is 0 Å². The summed E-state index contributed by atoms with van der Waals surface area (Å²) in [5, 5.41) is 9.54. The third-order valence-corrected chi connectivity index (χ3v) is 7.67. The number of aliphatic hydroxyl groups excluding tert-OH is 1. The van der Waals surface area contributed by atoms with Crippen molar-refractivity contribution >= 4 is 11.9 Å². The lowest BCUT2D eigenvalue weighted by atomic mass is 10.1. The second-order valence-electron chi connectivity index (χ2n) is 12.3. The number of hydrogen-bond acceptors (Lipinski definition) is 5. The van der Waals surface area contributed by atoms with Crippen LogP contribution in [0.15, 0.2) is 85.1 Å². The van der Waals surface area contributed by atoms with E-state index in [1.54, 1.807) is 0 Å². The molecule has 0 aromatic heterocycles. The molecule has 5 nitrogen and oxygen atoms in total. The maximum absolute atomic E-state index is 12.1. The van der Waals surface area contributed by atoms with E-state index in [-0.39, 0.29) is 25.2 Å². The van der Waals surface area contributed by atoms with Crippen LogP contribution in [0.1, 0.15) is 155 Å². The van der Waals surface area contributed by atoms with Crippen LogP contribution in [0.4, 0.5) is 0 Å². The van der Waals surface area contributed by atoms with E-state index in [0.29, 0.717) is 12.8 Å². The van der Waals surface area contributed by atoms with Crippen LogP contribution in [0.5, 0.6) is 0 Å². The third kappa shape index (κ3) is 35.9. The monoisotopic (exact) mass is 667 g/mol. The summed E-state index contributed by atoms with van der Waals surface area (Å²) < 4.78 is 10.6. The number of carbonyl (C=O) groups is 2. The molecule has 0 radical (unpaired) electrons. The lowest BCUT2D eigenvalue weighted by Gasteiger charge is -2.15. The van der Waals surface area contributed by atoms with Gasteiger partial charge in [0.05, 0.1) is 6.61 Å². The molecule has 0 rings (SSSR count). The molecule has 0 spiro atoms. The quantitative estimate of drug-likeness (QED) is 0.0429. The van der Waals surface area contributed by atoms with Gasteiger partial charge in [0, 0.05) is 12.8 Å². The number of esters is 2. The Morgan fingerprint density at radius 1 is 0.500 bits per heavy atom. The summed E-state index contributed by atoms with van der Waals surface area (Å²) in [7, 11) is 0. The highest BCUT2D eigenvalue weighted by atomic mass is 16.6. The average molecular weight is 667 g/mol. The zero-order valence-corrected chi connectivity index (χ0v) is 30.7. The Bertz CT molecular complexity index is 937. The fourth-order valence-electron chi connectivity index (χ4n) is 4.78. The van der Waals surface area contributed by atoms with Gasteiger partial charge >= 0.3 is 11.9 Å². The number of hydrogen-bond donors (Lipinski definition) is 1. The zero-order chi connectivity index (χ0) is 35.0. The molecule has 0 aliphatic rings. The highest BCUT2D eigenvalue weighted by molar-refractivity contribution is 5.70. The minimum absolute atomic E-state index is 0.0940. The Labute approximate surface area is 295 Å². The summed E-state index contributed by atoms with van der Waals surface area (Å²) in [6.45, 7) is 3.93. The molecule has 0 aliphatic heterocycles. The lowest BCUT2D eigenvalue weighted by molar-refractivity contribution is -0.161. The van der Waals surface area contributed by atoms with Crippen molar-refractivity contribution in [2.45, 2.75) is 161 Å².